The molecule has 0 saturated carbocycles. The average molecular weight is 341 g/mol. The molecule has 2 rings (SSSR count). The van der Waals surface area contributed by atoms with Gasteiger partial charge in [-0.3, -0.25) is 4.79 Å². The molecule has 1 N–H and O–H groups in total. The summed E-state index contributed by atoms with van der Waals surface area (Å²) >= 11 is 0. The van der Waals surface area contributed by atoms with Gasteiger partial charge >= 0.3 is 0 Å². The predicted octanol–water partition coefficient (Wildman–Crippen LogP) is 3.91. The van der Waals surface area contributed by atoms with Gasteiger partial charge in [0.1, 0.15) is 11.5 Å². The maximum atomic E-state index is 12.3. The lowest BCUT2D eigenvalue weighted by atomic mass is 10.1. The Morgan fingerprint density at radius 3 is 2.56 bits per heavy atom. The molecule has 4 nitrogen and oxygen atoms in total. The second kappa shape index (κ2) is 9.72. The van der Waals surface area contributed by atoms with E-state index in [1.807, 2.05) is 56.3 Å². The first-order chi connectivity index (χ1) is 12.1. The molecule has 25 heavy (non-hydrogen) atoms. The van der Waals surface area contributed by atoms with Crippen molar-refractivity contribution >= 4 is 5.91 Å². The number of hydrogen-bond donors (Lipinski definition) is 1. The summed E-state index contributed by atoms with van der Waals surface area (Å²) in [6.45, 7) is 4.61. The van der Waals surface area contributed by atoms with Crippen molar-refractivity contribution in [2.45, 2.75) is 39.2 Å². The van der Waals surface area contributed by atoms with Crippen LogP contribution in [0, 0.1) is 6.92 Å². The van der Waals surface area contributed by atoms with Gasteiger partial charge in [0.05, 0.1) is 7.11 Å². The van der Waals surface area contributed by atoms with E-state index >= 15 is 0 Å². The zero-order chi connectivity index (χ0) is 18.1. The van der Waals surface area contributed by atoms with Crippen molar-refractivity contribution in [3.05, 3.63) is 59.7 Å². The van der Waals surface area contributed by atoms with Crippen LogP contribution in [0.1, 0.15) is 30.9 Å². The van der Waals surface area contributed by atoms with Crippen molar-refractivity contribution in [3.8, 4) is 11.5 Å². The third-order valence-corrected chi connectivity index (χ3v) is 4.04. The van der Waals surface area contributed by atoms with Crippen LogP contribution in [0.25, 0.3) is 0 Å². The minimum Gasteiger partial charge on any atom is -0.497 e. The van der Waals surface area contributed by atoms with Crippen molar-refractivity contribution in [3.63, 3.8) is 0 Å². The highest BCUT2D eigenvalue weighted by atomic mass is 16.5. The van der Waals surface area contributed by atoms with Gasteiger partial charge in [0.25, 0.3) is 5.91 Å². The second-order valence-corrected chi connectivity index (χ2v) is 6.07. The number of rotatable bonds is 9. The van der Waals surface area contributed by atoms with Crippen molar-refractivity contribution in [2.75, 3.05) is 13.7 Å². The molecule has 0 bridgehead atoms. The number of amides is 1. The van der Waals surface area contributed by atoms with Gasteiger partial charge in [0.15, 0.2) is 6.10 Å². The van der Waals surface area contributed by atoms with Crippen molar-refractivity contribution in [1.29, 1.82) is 0 Å². The Bertz CT molecular complexity index is 667. The van der Waals surface area contributed by atoms with Crippen LogP contribution in [-0.2, 0) is 11.2 Å². The SMILES string of the molecule is CC[C@@H](Oc1ccc(C)cc1)C(=O)NCCCc1cccc(OC)c1. The van der Waals surface area contributed by atoms with E-state index in [1.165, 1.54) is 11.1 Å². The van der Waals surface area contributed by atoms with Crippen LogP contribution in [0.5, 0.6) is 11.5 Å². The highest BCUT2D eigenvalue weighted by Gasteiger charge is 2.17. The summed E-state index contributed by atoms with van der Waals surface area (Å²) in [6, 6.07) is 15.8. The van der Waals surface area contributed by atoms with Crippen LogP contribution >= 0.6 is 0 Å². The lowest BCUT2D eigenvalue weighted by Crippen LogP contribution is -2.38. The minimum absolute atomic E-state index is 0.0614. The molecule has 0 unspecified atom stereocenters. The number of aryl methyl sites for hydroxylation is 2. The van der Waals surface area contributed by atoms with Crippen LogP contribution in [-0.4, -0.2) is 25.7 Å². The molecule has 0 heterocycles. The molecule has 2 aromatic rings. The predicted molar refractivity (Wildman–Crippen MR) is 100 cm³/mol. The van der Waals surface area contributed by atoms with E-state index in [2.05, 4.69) is 11.4 Å². The van der Waals surface area contributed by atoms with Gasteiger partial charge in [-0.15, -0.1) is 0 Å². The molecule has 2 aromatic carbocycles. The van der Waals surface area contributed by atoms with Gasteiger partial charge < -0.3 is 14.8 Å². The molecule has 0 aliphatic carbocycles. The Balaban J connectivity index is 1.76. The summed E-state index contributed by atoms with van der Waals surface area (Å²) in [4.78, 5) is 12.3. The molecule has 0 fully saturated rings. The van der Waals surface area contributed by atoms with E-state index in [-0.39, 0.29) is 5.91 Å². The topological polar surface area (TPSA) is 47.6 Å². The fourth-order valence-corrected chi connectivity index (χ4v) is 2.55. The fraction of sp³-hybridized carbons (Fsp3) is 0.381. The Morgan fingerprint density at radius 1 is 1.12 bits per heavy atom. The molecule has 1 atom stereocenters. The van der Waals surface area contributed by atoms with Gasteiger partial charge in [-0.1, -0.05) is 36.8 Å². The third kappa shape index (κ3) is 6.14. The summed E-state index contributed by atoms with van der Waals surface area (Å²) in [6.07, 6.45) is 1.95. The van der Waals surface area contributed by atoms with E-state index in [0.717, 1.165) is 24.3 Å². The zero-order valence-electron chi connectivity index (χ0n) is 15.2. The van der Waals surface area contributed by atoms with E-state index < -0.39 is 6.10 Å². The van der Waals surface area contributed by atoms with Gasteiger partial charge in [-0.05, 0) is 56.0 Å². The standard InChI is InChI=1S/C21H27NO3/c1-4-20(25-18-12-10-16(2)11-13-18)21(23)22-14-6-8-17-7-5-9-19(15-17)24-3/h5,7,9-13,15,20H,4,6,8,14H2,1-3H3,(H,22,23)/t20-/m1/s1. The normalized spacial score (nSPS) is 11.6. The smallest absolute Gasteiger partial charge is 0.261 e. The molecular formula is C21H27NO3. The summed E-state index contributed by atoms with van der Waals surface area (Å²) in [5, 5.41) is 2.97. The van der Waals surface area contributed by atoms with E-state index in [0.29, 0.717) is 13.0 Å². The number of methoxy groups -OCH3 is 1. The molecule has 0 spiro atoms. The first-order valence-corrected chi connectivity index (χ1v) is 8.76. The minimum atomic E-state index is -0.459. The van der Waals surface area contributed by atoms with Crippen LogP contribution < -0.4 is 14.8 Å². The largest absolute Gasteiger partial charge is 0.497 e. The lowest BCUT2D eigenvalue weighted by molar-refractivity contribution is -0.128. The Kier molecular flexibility index (Phi) is 7.33. The van der Waals surface area contributed by atoms with Crippen molar-refractivity contribution < 1.29 is 14.3 Å². The fourth-order valence-electron chi connectivity index (χ4n) is 2.55. The number of hydrogen-bond acceptors (Lipinski definition) is 3. The van der Waals surface area contributed by atoms with Gasteiger partial charge in [-0.2, -0.15) is 0 Å². The van der Waals surface area contributed by atoms with Gasteiger partial charge in [0.2, 0.25) is 0 Å². The maximum absolute atomic E-state index is 12.3. The summed E-state index contributed by atoms with van der Waals surface area (Å²) in [7, 11) is 1.66. The zero-order valence-corrected chi connectivity index (χ0v) is 15.2. The van der Waals surface area contributed by atoms with Gasteiger partial charge in [0, 0.05) is 6.54 Å². The summed E-state index contributed by atoms with van der Waals surface area (Å²) < 4.78 is 11.0. The second-order valence-electron chi connectivity index (χ2n) is 6.07. The Labute approximate surface area is 150 Å². The molecule has 0 radical (unpaired) electrons. The monoisotopic (exact) mass is 341 g/mol. The number of carbonyl (C=O) groups excluding carboxylic acids is 1. The van der Waals surface area contributed by atoms with Gasteiger partial charge in [-0.25, -0.2) is 0 Å². The summed E-state index contributed by atoms with van der Waals surface area (Å²) in [5.41, 5.74) is 2.37. The molecule has 4 heteroatoms. The van der Waals surface area contributed by atoms with Crippen LogP contribution in [0.4, 0.5) is 0 Å². The lowest BCUT2D eigenvalue weighted by Gasteiger charge is -2.17. The molecule has 0 aliphatic rings. The highest BCUT2D eigenvalue weighted by Crippen LogP contribution is 2.15. The molecule has 0 aliphatic heterocycles. The number of ether oxygens (including phenoxy) is 2. The van der Waals surface area contributed by atoms with E-state index in [1.54, 1.807) is 7.11 Å². The van der Waals surface area contributed by atoms with Crippen LogP contribution in [0.15, 0.2) is 48.5 Å². The average Bonchev–Trinajstić information content (AvgIpc) is 2.64. The van der Waals surface area contributed by atoms with Crippen LogP contribution in [0.2, 0.25) is 0 Å². The van der Waals surface area contributed by atoms with Crippen LogP contribution in [0.3, 0.4) is 0 Å². The van der Waals surface area contributed by atoms with Crippen molar-refractivity contribution in [2.24, 2.45) is 0 Å². The summed E-state index contributed by atoms with van der Waals surface area (Å²) in [5.74, 6) is 1.52. The number of carbonyl (C=O) groups is 1. The molecule has 0 aromatic heterocycles. The first-order valence-electron chi connectivity index (χ1n) is 8.76. The highest BCUT2D eigenvalue weighted by molar-refractivity contribution is 5.81. The molecular weight excluding hydrogens is 314 g/mol. The first kappa shape index (κ1) is 18.8. The molecule has 0 saturated heterocycles. The van der Waals surface area contributed by atoms with E-state index in [9.17, 15) is 4.79 Å². The van der Waals surface area contributed by atoms with E-state index in [4.69, 9.17) is 9.47 Å². The Hall–Kier alpha value is -2.49. The third-order valence-electron chi connectivity index (χ3n) is 4.04. The number of benzene rings is 2. The maximum Gasteiger partial charge on any atom is 0.261 e. The number of nitrogens with one attached hydrogen (secondary N) is 1. The molecule has 1 amide bonds. The quantitative estimate of drug-likeness (QED) is 0.704. The molecule has 134 valence electrons. The van der Waals surface area contributed by atoms with Crippen molar-refractivity contribution in [1.82, 2.24) is 5.32 Å². The Morgan fingerprint density at radius 2 is 1.88 bits per heavy atom.